The molecule has 7 heteroatoms. The largest absolute Gasteiger partial charge is 0.503 e. The fourth-order valence-electron chi connectivity index (χ4n) is 3.30. The Hall–Kier alpha value is -3.19. The smallest absolute Gasteiger partial charge is 0.341 e. The van der Waals surface area contributed by atoms with Crippen LogP contribution in [0.25, 0.3) is 6.08 Å². The van der Waals surface area contributed by atoms with Gasteiger partial charge in [-0.25, -0.2) is 4.79 Å². The number of carbonyl (C=O) groups excluding carboxylic acids is 1. The van der Waals surface area contributed by atoms with Crippen LogP contribution in [-0.4, -0.2) is 51.2 Å². The van der Waals surface area contributed by atoms with Crippen molar-refractivity contribution < 1.29 is 33.2 Å². The highest BCUT2D eigenvalue weighted by Crippen LogP contribution is 2.37. The van der Waals surface area contributed by atoms with E-state index in [2.05, 4.69) is 6.58 Å². The lowest BCUT2D eigenvalue weighted by Crippen LogP contribution is -2.49. The first-order valence-corrected chi connectivity index (χ1v) is 11.0. The Morgan fingerprint density at radius 2 is 1.88 bits per heavy atom. The van der Waals surface area contributed by atoms with Crippen LogP contribution in [0.2, 0.25) is 0 Å². The van der Waals surface area contributed by atoms with Crippen LogP contribution in [0, 0.1) is 0 Å². The molecular weight excluding hydrogens is 436 g/mol. The third-order valence-corrected chi connectivity index (χ3v) is 5.51. The maximum Gasteiger partial charge on any atom is 0.341 e. The average Bonchev–Trinajstić information content (AvgIpc) is 2.91. The molecule has 1 atom stereocenters. The van der Waals surface area contributed by atoms with Gasteiger partial charge in [0.25, 0.3) is 0 Å². The molecule has 0 saturated heterocycles. The predicted molar refractivity (Wildman–Crippen MR) is 132 cm³/mol. The van der Waals surface area contributed by atoms with Crippen molar-refractivity contribution in [3.8, 4) is 11.5 Å². The van der Waals surface area contributed by atoms with E-state index in [1.165, 1.54) is 27.6 Å². The zero-order valence-electron chi connectivity index (χ0n) is 21.4. The molecule has 0 radical (unpaired) electrons. The molecule has 1 aliphatic rings. The molecule has 7 nitrogen and oxygen atoms in total. The summed E-state index contributed by atoms with van der Waals surface area (Å²) >= 11 is 0. The van der Waals surface area contributed by atoms with Gasteiger partial charge in [0, 0.05) is 5.57 Å². The van der Waals surface area contributed by atoms with Gasteiger partial charge in [-0.3, -0.25) is 0 Å². The van der Waals surface area contributed by atoms with Crippen molar-refractivity contribution in [2.24, 2.45) is 0 Å². The second-order valence-electron chi connectivity index (χ2n) is 8.92. The van der Waals surface area contributed by atoms with Crippen molar-refractivity contribution in [1.82, 2.24) is 0 Å². The summed E-state index contributed by atoms with van der Waals surface area (Å²) in [6.07, 6.45) is 6.42. The fourth-order valence-corrected chi connectivity index (χ4v) is 3.30. The van der Waals surface area contributed by atoms with E-state index >= 15 is 0 Å². The summed E-state index contributed by atoms with van der Waals surface area (Å²) < 4.78 is 33.9. The Labute approximate surface area is 202 Å². The van der Waals surface area contributed by atoms with Crippen LogP contribution in [0.5, 0.6) is 11.5 Å². The number of hydrogen-bond acceptors (Lipinski definition) is 7. The summed E-state index contributed by atoms with van der Waals surface area (Å²) in [7, 11) is 4.31. The maximum absolute atomic E-state index is 12.1. The van der Waals surface area contributed by atoms with Crippen LogP contribution >= 0.6 is 0 Å². The molecule has 0 aliphatic carbocycles. The van der Waals surface area contributed by atoms with Gasteiger partial charge in [-0.2, -0.15) is 0 Å². The lowest BCUT2D eigenvalue weighted by molar-refractivity contribution is -0.136. The molecule has 0 saturated carbocycles. The number of benzene rings is 1. The monoisotopic (exact) mass is 472 g/mol. The van der Waals surface area contributed by atoms with Crippen LogP contribution < -0.4 is 9.47 Å². The van der Waals surface area contributed by atoms with Gasteiger partial charge in [0.15, 0.2) is 11.5 Å². The van der Waals surface area contributed by atoms with E-state index < -0.39 is 17.2 Å². The summed E-state index contributed by atoms with van der Waals surface area (Å²) in [5.74, 6) is 1.23. The second-order valence-corrected chi connectivity index (χ2v) is 8.92. The topological polar surface area (TPSA) is 72.5 Å². The molecule has 0 amide bonds. The van der Waals surface area contributed by atoms with Crippen LogP contribution in [0.15, 0.2) is 60.1 Å². The predicted octanol–water partition coefficient (Wildman–Crippen LogP) is 5.22. The lowest BCUT2D eigenvalue weighted by atomic mass is 10.00. The Bertz CT molecular complexity index is 983. The first kappa shape index (κ1) is 27.1. The molecule has 1 aromatic rings. The molecule has 0 bridgehead atoms. The number of esters is 1. The van der Waals surface area contributed by atoms with Crippen LogP contribution in [-0.2, 0) is 23.7 Å². The molecule has 0 N–H and O–H groups in total. The van der Waals surface area contributed by atoms with Crippen molar-refractivity contribution in [1.29, 1.82) is 0 Å². The van der Waals surface area contributed by atoms with Crippen molar-refractivity contribution in [2.45, 2.75) is 51.9 Å². The van der Waals surface area contributed by atoms with Gasteiger partial charge in [0.2, 0.25) is 0 Å². The summed E-state index contributed by atoms with van der Waals surface area (Å²) in [5, 5.41) is 0. The van der Waals surface area contributed by atoms with Crippen molar-refractivity contribution in [3.63, 3.8) is 0 Å². The summed E-state index contributed by atoms with van der Waals surface area (Å²) in [6.45, 7) is 13.8. The van der Waals surface area contributed by atoms with E-state index in [0.717, 1.165) is 5.56 Å². The zero-order chi connectivity index (χ0) is 25.5. The first-order chi connectivity index (χ1) is 16.0. The van der Waals surface area contributed by atoms with E-state index in [-0.39, 0.29) is 11.7 Å². The zero-order valence-corrected chi connectivity index (χ0v) is 21.4. The number of ether oxygens (including phenoxy) is 6. The first-order valence-electron chi connectivity index (χ1n) is 11.0. The molecule has 1 aliphatic heterocycles. The summed E-state index contributed by atoms with van der Waals surface area (Å²) in [4.78, 5) is 12.1. The Balaban J connectivity index is 2.33. The minimum Gasteiger partial charge on any atom is -0.503 e. The Kier molecular flexibility index (Phi) is 8.99. The SMILES string of the molecule is C=CC(C)(C)OC1COc2ccc(/C=C/C(OC)=C(C)\C(=C/OC)C(=O)OC)cc2OC1(C)C. The highest BCUT2D eigenvalue weighted by atomic mass is 16.6. The van der Waals surface area contributed by atoms with Gasteiger partial charge < -0.3 is 28.4 Å². The van der Waals surface area contributed by atoms with Crippen LogP contribution in [0.1, 0.15) is 40.2 Å². The van der Waals surface area contributed by atoms with Gasteiger partial charge in [0.1, 0.15) is 29.6 Å². The molecule has 1 heterocycles. The minimum atomic E-state index is -0.636. The summed E-state index contributed by atoms with van der Waals surface area (Å²) in [6, 6.07) is 5.67. The van der Waals surface area contributed by atoms with E-state index in [9.17, 15) is 4.79 Å². The maximum atomic E-state index is 12.1. The normalized spacial score (nSPS) is 18.6. The van der Waals surface area contributed by atoms with E-state index in [0.29, 0.717) is 29.4 Å². The number of methoxy groups -OCH3 is 3. The van der Waals surface area contributed by atoms with Crippen molar-refractivity contribution in [3.05, 3.63) is 65.7 Å². The minimum absolute atomic E-state index is 0.264. The Morgan fingerprint density at radius 1 is 1.18 bits per heavy atom. The number of allylic oxidation sites excluding steroid dienone is 1. The standard InChI is InChI=1S/C27H36O7/c1-10-26(3,4)34-24-17-32-22-14-12-19(15-23(22)33-27(24,5)6)11-13-21(30-8)18(2)20(16-29-7)25(28)31-9/h10-16,24H,1,17H2,2-9H3/b13-11+,20-16+,21-18+. The van der Waals surface area contributed by atoms with Crippen LogP contribution in [0.4, 0.5) is 0 Å². The van der Waals surface area contributed by atoms with Crippen molar-refractivity contribution in [2.75, 3.05) is 27.9 Å². The van der Waals surface area contributed by atoms with E-state index in [1.807, 2.05) is 52.0 Å². The number of rotatable bonds is 9. The molecule has 0 spiro atoms. The van der Waals surface area contributed by atoms with Gasteiger partial charge in [0.05, 0.1) is 33.2 Å². The highest BCUT2D eigenvalue weighted by molar-refractivity contribution is 5.93. The van der Waals surface area contributed by atoms with Crippen LogP contribution in [0.3, 0.4) is 0 Å². The van der Waals surface area contributed by atoms with Crippen molar-refractivity contribution >= 4 is 12.0 Å². The van der Waals surface area contributed by atoms with Gasteiger partial charge in [-0.15, -0.1) is 6.58 Å². The molecular formula is C27H36O7. The third kappa shape index (κ3) is 6.67. The molecule has 0 aromatic heterocycles. The number of hydrogen-bond donors (Lipinski definition) is 0. The molecule has 34 heavy (non-hydrogen) atoms. The number of carbonyl (C=O) groups is 1. The number of fused-ring (bicyclic) bond motifs is 1. The highest BCUT2D eigenvalue weighted by Gasteiger charge is 2.39. The van der Waals surface area contributed by atoms with Gasteiger partial charge >= 0.3 is 5.97 Å². The summed E-state index contributed by atoms with van der Waals surface area (Å²) in [5.41, 5.74) is 0.553. The molecule has 1 aromatic carbocycles. The molecule has 2 rings (SSSR count). The molecule has 1 unspecified atom stereocenters. The van der Waals surface area contributed by atoms with E-state index in [4.69, 9.17) is 28.4 Å². The Morgan fingerprint density at radius 3 is 2.47 bits per heavy atom. The van der Waals surface area contributed by atoms with Gasteiger partial charge in [-0.1, -0.05) is 18.2 Å². The third-order valence-electron chi connectivity index (χ3n) is 5.51. The second kappa shape index (κ2) is 11.3. The average molecular weight is 473 g/mol. The fraction of sp³-hybridized carbons (Fsp3) is 0.444. The quantitative estimate of drug-likeness (QED) is 0.160. The molecule has 186 valence electrons. The molecule has 0 fully saturated rings. The van der Waals surface area contributed by atoms with E-state index in [1.54, 1.807) is 19.1 Å². The van der Waals surface area contributed by atoms with Gasteiger partial charge in [-0.05, 0) is 58.4 Å². The lowest BCUT2D eigenvalue weighted by Gasteiger charge is -2.36.